The Morgan fingerprint density at radius 3 is 2.43 bits per heavy atom. The van der Waals surface area contributed by atoms with Gasteiger partial charge in [-0.3, -0.25) is 0 Å². The van der Waals surface area contributed by atoms with Crippen LogP contribution in [0.15, 0.2) is 53.7 Å². The molecular formula is C18H19NO4. The van der Waals surface area contributed by atoms with Crippen molar-refractivity contribution in [3.63, 3.8) is 0 Å². The van der Waals surface area contributed by atoms with Crippen molar-refractivity contribution in [3.05, 3.63) is 65.2 Å². The highest BCUT2D eigenvalue weighted by Crippen LogP contribution is 2.24. The maximum atomic E-state index is 11.9. The van der Waals surface area contributed by atoms with Gasteiger partial charge in [-0.15, -0.1) is 0 Å². The van der Waals surface area contributed by atoms with Crippen LogP contribution in [0, 0.1) is 0 Å². The van der Waals surface area contributed by atoms with E-state index in [9.17, 15) is 4.79 Å². The van der Waals surface area contributed by atoms with Crippen LogP contribution in [0.4, 0.5) is 0 Å². The highest BCUT2D eigenvalue weighted by atomic mass is 16.6. The molecule has 2 aromatic carbocycles. The SMILES string of the molecule is COC(=O)c1c(CON=C(C)c2ccccc2)cccc1OC. The molecule has 0 amide bonds. The first-order valence-corrected chi connectivity index (χ1v) is 7.13. The highest BCUT2D eigenvalue weighted by Gasteiger charge is 2.18. The van der Waals surface area contributed by atoms with Crippen LogP contribution in [-0.2, 0) is 16.2 Å². The van der Waals surface area contributed by atoms with Gasteiger partial charge < -0.3 is 14.3 Å². The molecule has 0 saturated carbocycles. The molecule has 0 aliphatic rings. The van der Waals surface area contributed by atoms with Crippen molar-refractivity contribution in [1.29, 1.82) is 0 Å². The number of benzene rings is 2. The highest BCUT2D eigenvalue weighted by molar-refractivity contribution is 5.98. The zero-order valence-corrected chi connectivity index (χ0v) is 13.4. The number of nitrogens with zero attached hydrogens (tertiary/aromatic N) is 1. The topological polar surface area (TPSA) is 57.1 Å². The van der Waals surface area contributed by atoms with Crippen LogP contribution in [0.5, 0.6) is 5.75 Å². The fraction of sp³-hybridized carbons (Fsp3) is 0.222. The molecule has 0 heterocycles. The van der Waals surface area contributed by atoms with Crippen LogP contribution in [0.3, 0.4) is 0 Å². The molecule has 2 rings (SSSR count). The first kappa shape index (κ1) is 16.5. The number of hydrogen-bond donors (Lipinski definition) is 0. The third kappa shape index (κ3) is 4.10. The van der Waals surface area contributed by atoms with Crippen LogP contribution in [0.2, 0.25) is 0 Å². The predicted octanol–water partition coefficient (Wildman–Crippen LogP) is 3.42. The predicted molar refractivity (Wildman–Crippen MR) is 87.8 cm³/mol. The van der Waals surface area contributed by atoms with Crippen LogP contribution >= 0.6 is 0 Å². The Hall–Kier alpha value is -2.82. The van der Waals surface area contributed by atoms with E-state index < -0.39 is 5.97 Å². The lowest BCUT2D eigenvalue weighted by Gasteiger charge is -2.11. The van der Waals surface area contributed by atoms with Gasteiger partial charge in [0.25, 0.3) is 0 Å². The van der Waals surface area contributed by atoms with Crippen LogP contribution in [0.1, 0.15) is 28.4 Å². The van der Waals surface area contributed by atoms with Gasteiger partial charge in [-0.25, -0.2) is 4.79 Å². The third-order valence-electron chi connectivity index (χ3n) is 3.34. The van der Waals surface area contributed by atoms with Crippen LogP contribution in [-0.4, -0.2) is 25.9 Å². The molecular weight excluding hydrogens is 294 g/mol. The molecule has 0 unspecified atom stereocenters. The van der Waals surface area contributed by atoms with Crippen molar-refractivity contribution in [2.24, 2.45) is 5.16 Å². The third-order valence-corrected chi connectivity index (χ3v) is 3.34. The average molecular weight is 313 g/mol. The normalized spacial score (nSPS) is 11.0. The van der Waals surface area contributed by atoms with Crippen LogP contribution in [0.25, 0.3) is 0 Å². The van der Waals surface area contributed by atoms with Gasteiger partial charge in [0.1, 0.15) is 17.9 Å². The Kier molecular flexibility index (Phi) is 5.74. The molecule has 23 heavy (non-hydrogen) atoms. The Morgan fingerprint density at radius 2 is 1.78 bits per heavy atom. The van der Waals surface area contributed by atoms with Gasteiger partial charge in [0.05, 0.1) is 19.9 Å². The fourth-order valence-corrected chi connectivity index (χ4v) is 2.13. The molecule has 0 N–H and O–H groups in total. The van der Waals surface area contributed by atoms with E-state index in [1.165, 1.54) is 14.2 Å². The average Bonchev–Trinajstić information content (AvgIpc) is 2.61. The lowest BCUT2D eigenvalue weighted by atomic mass is 10.1. The van der Waals surface area contributed by atoms with E-state index in [1.807, 2.05) is 37.3 Å². The maximum Gasteiger partial charge on any atom is 0.342 e. The first-order chi connectivity index (χ1) is 11.2. The number of methoxy groups -OCH3 is 2. The number of rotatable bonds is 6. The summed E-state index contributed by atoms with van der Waals surface area (Å²) in [6, 6.07) is 15.0. The summed E-state index contributed by atoms with van der Waals surface area (Å²) in [5.74, 6) is -0.0217. The minimum atomic E-state index is -0.468. The Balaban J connectivity index is 2.16. The van der Waals surface area contributed by atoms with Gasteiger partial charge in [-0.1, -0.05) is 47.6 Å². The molecule has 5 nitrogen and oxygen atoms in total. The van der Waals surface area contributed by atoms with Crippen molar-refractivity contribution >= 4 is 11.7 Å². The molecule has 0 atom stereocenters. The van der Waals surface area contributed by atoms with E-state index in [2.05, 4.69) is 5.16 Å². The zero-order valence-electron chi connectivity index (χ0n) is 13.4. The van der Waals surface area contributed by atoms with Gasteiger partial charge in [0, 0.05) is 5.56 Å². The summed E-state index contributed by atoms with van der Waals surface area (Å²) in [5, 5.41) is 4.10. The largest absolute Gasteiger partial charge is 0.496 e. The molecule has 0 aliphatic carbocycles. The summed E-state index contributed by atoms with van der Waals surface area (Å²) in [6.45, 7) is 2.01. The van der Waals surface area contributed by atoms with E-state index in [1.54, 1.807) is 18.2 Å². The number of ether oxygens (including phenoxy) is 2. The Morgan fingerprint density at radius 1 is 1.04 bits per heavy atom. The van der Waals surface area contributed by atoms with Crippen molar-refractivity contribution in [3.8, 4) is 5.75 Å². The molecule has 0 radical (unpaired) electrons. The summed E-state index contributed by atoms with van der Waals surface area (Å²) < 4.78 is 10.0. The summed E-state index contributed by atoms with van der Waals surface area (Å²) in [6.07, 6.45) is 0. The van der Waals surface area contributed by atoms with Crippen LogP contribution < -0.4 is 4.74 Å². The first-order valence-electron chi connectivity index (χ1n) is 7.13. The van der Waals surface area contributed by atoms with E-state index in [4.69, 9.17) is 14.3 Å². The second-order valence-corrected chi connectivity index (χ2v) is 4.80. The maximum absolute atomic E-state index is 11.9. The number of carbonyl (C=O) groups excluding carboxylic acids is 1. The smallest absolute Gasteiger partial charge is 0.342 e. The van der Waals surface area contributed by atoms with Gasteiger partial charge in [0.15, 0.2) is 0 Å². The summed E-state index contributed by atoms with van der Waals surface area (Å²) in [5.41, 5.74) is 2.74. The second kappa shape index (κ2) is 7.98. The molecule has 5 heteroatoms. The molecule has 0 bridgehead atoms. The van der Waals surface area contributed by atoms with E-state index in [-0.39, 0.29) is 6.61 Å². The molecule has 0 aromatic heterocycles. The molecule has 0 aliphatic heterocycles. The second-order valence-electron chi connectivity index (χ2n) is 4.80. The van der Waals surface area contributed by atoms with Crippen molar-refractivity contribution < 1.29 is 19.1 Å². The summed E-state index contributed by atoms with van der Waals surface area (Å²) in [4.78, 5) is 17.3. The minimum absolute atomic E-state index is 0.145. The zero-order chi connectivity index (χ0) is 16.7. The fourth-order valence-electron chi connectivity index (χ4n) is 2.13. The Labute approximate surface area is 135 Å². The number of hydrogen-bond acceptors (Lipinski definition) is 5. The van der Waals surface area contributed by atoms with E-state index in [0.717, 1.165) is 11.3 Å². The van der Waals surface area contributed by atoms with Gasteiger partial charge in [-0.05, 0) is 18.6 Å². The molecule has 0 spiro atoms. The monoisotopic (exact) mass is 313 g/mol. The number of esters is 1. The molecule has 120 valence electrons. The van der Waals surface area contributed by atoms with E-state index in [0.29, 0.717) is 16.9 Å². The lowest BCUT2D eigenvalue weighted by Crippen LogP contribution is -2.09. The quantitative estimate of drug-likeness (QED) is 0.466. The van der Waals surface area contributed by atoms with Crippen molar-refractivity contribution in [2.75, 3.05) is 14.2 Å². The minimum Gasteiger partial charge on any atom is -0.496 e. The van der Waals surface area contributed by atoms with Gasteiger partial charge in [-0.2, -0.15) is 0 Å². The Bertz CT molecular complexity index is 695. The van der Waals surface area contributed by atoms with Gasteiger partial charge in [0.2, 0.25) is 0 Å². The lowest BCUT2D eigenvalue weighted by molar-refractivity contribution is 0.0589. The van der Waals surface area contributed by atoms with E-state index >= 15 is 0 Å². The molecule has 2 aromatic rings. The summed E-state index contributed by atoms with van der Waals surface area (Å²) >= 11 is 0. The molecule has 0 saturated heterocycles. The standard InChI is InChI=1S/C18H19NO4/c1-13(14-8-5-4-6-9-14)19-23-12-15-10-7-11-16(21-2)17(15)18(20)22-3/h4-11H,12H2,1-3H3. The number of oxime groups is 1. The van der Waals surface area contributed by atoms with Gasteiger partial charge >= 0.3 is 5.97 Å². The van der Waals surface area contributed by atoms with Crippen molar-refractivity contribution in [1.82, 2.24) is 0 Å². The van der Waals surface area contributed by atoms with Crippen molar-refractivity contribution in [2.45, 2.75) is 13.5 Å². The summed E-state index contributed by atoms with van der Waals surface area (Å²) in [7, 11) is 2.83. The number of carbonyl (C=O) groups is 1. The molecule has 0 fully saturated rings.